The molecule has 0 spiro atoms. The zero-order valence-corrected chi connectivity index (χ0v) is 13.8. The zero-order chi connectivity index (χ0) is 15.6. The van der Waals surface area contributed by atoms with E-state index >= 15 is 0 Å². The van der Waals surface area contributed by atoms with E-state index in [1.807, 2.05) is 0 Å². The molecular weight excluding hydrogens is 332 g/mol. The van der Waals surface area contributed by atoms with Crippen LogP contribution >= 0.6 is 22.9 Å². The fraction of sp³-hybridized carbons (Fsp3) is 0.214. The smallest absolute Gasteiger partial charge is 0.212 e. The number of rotatable bonds is 5. The van der Waals surface area contributed by atoms with E-state index in [1.165, 1.54) is 23.5 Å². The number of ether oxygens (including phenoxy) is 1. The Hall–Kier alpha value is -1.37. The third-order valence-electron chi connectivity index (χ3n) is 2.73. The van der Waals surface area contributed by atoms with Crippen LogP contribution in [-0.2, 0) is 9.84 Å². The van der Waals surface area contributed by atoms with Crippen molar-refractivity contribution in [3.8, 4) is 5.75 Å². The molecule has 0 fully saturated rings. The van der Waals surface area contributed by atoms with Crippen molar-refractivity contribution in [1.82, 2.24) is 0 Å². The van der Waals surface area contributed by atoms with Crippen LogP contribution in [0.1, 0.15) is 16.6 Å². The fourth-order valence-corrected chi connectivity index (χ4v) is 3.40. The van der Waals surface area contributed by atoms with Crippen molar-refractivity contribution in [2.24, 2.45) is 0 Å². The second-order valence-electron chi connectivity index (χ2n) is 4.48. The molecule has 0 N–H and O–H groups in total. The molecule has 0 bridgehead atoms. The summed E-state index contributed by atoms with van der Waals surface area (Å²) in [6.45, 7) is 1.61. The summed E-state index contributed by atoms with van der Waals surface area (Å²) in [5, 5.41) is 0. The second kappa shape index (κ2) is 6.17. The van der Waals surface area contributed by atoms with Crippen molar-refractivity contribution in [3.05, 3.63) is 45.6 Å². The fourth-order valence-electron chi connectivity index (χ4n) is 1.68. The number of carbonyl (C=O) groups is 1. The number of halogens is 1. The van der Waals surface area contributed by atoms with E-state index in [1.54, 1.807) is 31.2 Å². The van der Waals surface area contributed by atoms with Crippen LogP contribution in [0.5, 0.6) is 5.75 Å². The van der Waals surface area contributed by atoms with E-state index in [2.05, 4.69) is 0 Å². The average molecular weight is 345 g/mol. The van der Waals surface area contributed by atoms with E-state index in [9.17, 15) is 13.2 Å². The third-order valence-corrected chi connectivity index (χ3v) is 5.09. The minimum atomic E-state index is -3.31. The standard InChI is InChI=1S/C14H13ClO4S2/c1-9(14(16)12-6-7-13(15)20-12)19-10-4-3-5-11(8-10)21(2,17)18/h3-9H,1-2H3. The Morgan fingerprint density at radius 2 is 2.00 bits per heavy atom. The molecule has 4 nitrogen and oxygen atoms in total. The molecule has 0 amide bonds. The molecule has 7 heteroatoms. The quantitative estimate of drug-likeness (QED) is 0.779. The molecule has 1 atom stereocenters. The largest absolute Gasteiger partial charge is 0.482 e. The molecule has 2 aromatic rings. The van der Waals surface area contributed by atoms with Crippen molar-refractivity contribution in [2.45, 2.75) is 17.9 Å². The number of hydrogen-bond acceptors (Lipinski definition) is 5. The van der Waals surface area contributed by atoms with E-state index < -0.39 is 15.9 Å². The molecule has 2 rings (SSSR count). The average Bonchev–Trinajstić information content (AvgIpc) is 2.84. The summed E-state index contributed by atoms with van der Waals surface area (Å²) >= 11 is 6.98. The van der Waals surface area contributed by atoms with Gasteiger partial charge in [0.2, 0.25) is 5.78 Å². The highest BCUT2D eigenvalue weighted by molar-refractivity contribution is 7.90. The molecule has 112 valence electrons. The Kier molecular flexibility index (Phi) is 4.70. The number of hydrogen-bond donors (Lipinski definition) is 0. The summed E-state index contributed by atoms with van der Waals surface area (Å²) in [7, 11) is -3.31. The normalized spacial score (nSPS) is 12.9. The Labute approximate surface area is 132 Å². The van der Waals surface area contributed by atoms with Gasteiger partial charge in [0, 0.05) is 6.26 Å². The van der Waals surface area contributed by atoms with Gasteiger partial charge >= 0.3 is 0 Å². The highest BCUT2D eigenvalue weighted by Crippen LogP contribution is 2.24. The van der Waals surface area contributed by atoms with Gasteiger partial charge in [-0.2, -0.15) is 0 Å². The molecule has 0 aliphatic rings. The van der Waals surface area contributed by atoms with Crippen LogP contribution in [0.25, 0.3) is 0 Å². The van der Waals surface area contributed by atoms with Gasteiger partial charge in [0.15, 0.2) is 15.9 Å². The van der Waals surface area contributed by atoms with E-state index in [0.717, 1.165) is 6.26 Å². The van der Waals surface area contributed by atoms with Crippen LogP contribution < -0.4 is 4.74 Å². The molecule has 1 aromatic carbocycles. The van der Waals surface area contributed by atoms with Crippen LogP contribution in [0.2, 0.25) is 4.34 Å². The first kappa shape index (κ1) is 16.0. The number of benzene rings is 1. The lowest BCUT2D eigenvalue weighted by atomic mass is 10.2. The van der Waals surface area contributed by atoms with Gasteiger partial charge in [0.05, 0.1) is 14.1 Å². The van der Waals surface area contributed by atoms with Gasteiger partial charge in [-0.1, -0.05) is 17.7 Å². The van der Waals surface area contributed by atoms with Gasteiger partial charge in [-0.25, -0.2) is 8.42 Å². The van der Waals surface area contributed by atoms with Gasteiger partial charge in [-0.15, -0.1) is 11.3 Å². The van der Waals surface area contributed by atoms with Crippen molar-refractivity contribution < 1.29 is 17.9 Å². The lowest BCUT2D eigenvalue weighted by molar-refractivity contribution is 0.0822. The molecule has 0 saturated heterocycles. The molecule has 1 heterocycles. The molecule has 0 radical (unpaired) electrons. The van der Waals surface area contributed by atoms with Crippen LogP contribution in [0.3, 0.4) is 0 Å². The number of thiophene rings is 1. The van der Waals surface area contributed by atoms with Gasteiger partial charge in [-0.3, -0.25) is 4.79 Å². The maximum absolute atomic E-state index is 12.2. The van der Waals surface area contributed by atoms with Gasteiger partial charge in [0.25, 0.3) is 0 Å². The number of Topliss-reactive ketones (excluding diaryl/α,β-unsaturated/α-hetero) is 1. The minimum Gasteiger partial charge on any atom is -0.482 e. The summed E-state index contributed by atoms with van der Waals surface area (Å²) in [5.41, 5.74) is 0. The van der Waals surface area contributed by atoms with Crippen LogP contribution in [-0.4, -0.2) is 26.6 Å². The first-order chi connectivity index (χ1) is 9.77. The lowest BCUT2D eigenvalue weighted by Gasteiger charge is -2.13. The van der Waals surface area contributed by atoms with Crippen molar-refractivity contribution in [2.75, 3.05) is 6.26 Å². The van der Waals surface area contributed by atoms with Gasteiger partial charge < -0.3 is 4.74 Å². The van der Waals surface area contributed by atoms with Crippen molar-refractivity contribution in [1.29, 1.82) is 0 Å². The first-order valence-electron chi connectivity index (χ1n) is 6.03. The molecule has 0 aliphatic heterocycles. The van der Waals surface area contributed by atoms with E-state index in [0.29, 0.717) is 15.0 Å². The predicted molar refractivity (Wildman–Crippen MR) is 83.3 cm³/mol. The van der Waals surface area contributed by atoms with E-state index in [-0.39, 0.29) is 10.7 Å². The van der Waals surface area contributed by atoms with E-state index in [4.69, 9.17) is 16.3 Å². The van der Waals surface area contributed by atoms with Gasteiger partial charge in [0.1, 0.15) is 5.75 Å². The molecule has 21 heavy (non-hydrogen) atoms. The van der Waals surface area contributed by atoms with Crippen LogP contribution in [0.15, 0.2) is 41.3 Å². The van der Waals surface area contributed by atoms with Gasteiger partial charge in [-0.05, 0) is 37.3 Å². The lowest BCUT2D eigenvalue weighted by Crippen LogP contribution is -2.23. The third kappa shape index (κ3) is 4.06. The molecule has 1 unspecified atom stereocenters. The summed E-state index contributed by atoms with van der Waals surface area (Å²) < 4.78 is 29.0. The molecule has 0 saturated carbocycles. The Bertz CT molecular complexity index is 765. The number of sulfone groups is 1. The summed E-state index contributed by atoms with van der Waals surface area (Å²) in [6, 6.07) is 9.36. The van der Waals surface area contributed by atoms with Crippen molar-refractivity contribution in [3.63, 3.8) is 0 Å². The zero-order valence-electron chi connectivity index (χ0n) is 11.4. The number of ketones is 1. The monoisotopic (exact) mass is 344 g/mol. The molecule has 1 aromatic heterocycles. The maximum atomic E-state index is 12.2. The highest BCUT2D eigenvalue weighted by Gasteiger charge is 2.19. The first-order valence-corrected chi connectivity index (χ1v) is 9.12. The van der Waals surface area contributed by atoms with Crippen LogP contribution in [0, 0.1) is 0 Å². The van der Waals surface area contributed by atoms with Crippen LogP contribution in [0.4, 0.5) is 0 Å². The Balaban J connectivity index is 2.16. The molecular formula is C14H13ClO4S2. The summed E-state index contributed by atoms with van der Waals surface area (Å²) in [5.74, 6) is 0.137. The van der Waals surface area contributed by atoms with Crippen molar-refractivity contribution >= 4 is 38.6 Å². The second-order valence-corrected chi connectivity index (χ2v) is 8.21. The maximum Gasteiger partial charge on any atom is 0.212 e. The summed E-state index contributed by atoms with van der Waals surface area (Å²) in [6.07, 6.45) is 0.392. The molecule has 0 aliphatic carbocycles. The highest BCUT2D eigenvalue weighted by atomic mass is 35.5. The predicted octanol–water partition coefficient (Wildman–Crippen LogP) is 3.46. The number of carbonyl (C=O) groups excluding carboxylic acids is 1. The minimum absolute atomic E-state index is 0.152. The Morgan fingerprint density at radius 1 is 1.29 bits per heavy atom. The summed E-state index contributed by atoms with van der Waals surface area (Å²) in [4.78, 5) is 12.8. The Morgan fingerprint density at radius 3 is 2.57 bits per heavy atom. The SMILES string of the molecule is CC(Oc1cccc(S(C)(=O)=O)c1)C(=O)c1ccc(Cl)s1. The topological polar surface area (TPSA) is 60.4 Å².